The molecule has 0 heterocycles. The number of methoxy groups -OCH3 is 1. The Bertz CT molecular complexity index is 1060. The SMILES string of the molecule is CCCCCCC(C)(C)c1ccc(-c2cc(C)cc(C)c2-c2cccc(OC)c2)c(O)c1. The summed E-state index contributed by atoms with van der Waals surface area (Å²) in [7, 11) is 1.69. The van der Waals surface area contributed by atoms with Gasteiger partial charge < -0.3 is 9.84 Å². The number of phenolic OH excluding ortho intramolecular Hbond substituents is 1. The van der Waals surface area contributed by atoms with Crippen LogP contribution in [0.5, 0.6) is 11.5 Å². The lowest BCUT2D eigenvalue weighted by molar-refractivity contribution is 0.415. The van der Waals surface area contributed by atoms with Gasteiger partial charge in [0.05, 0.1) is 7.11 Å². The lowest BCUT2D eigenvalue weighted by Crippen LogP contribution is -2.16. The van der Waals surface area contributed by atoms with Crippen LogP contribution in [-0.4, -0.2) is 12.2 Å². The van der Waals surface area contributed by atoms with E-state index in [9.17, 15) is 5.11 Å². The summed E-state index contributed by atoms with van der Waals surface area (Å²) < 4.78 is 5.46. The molecule has 0 fully saturated rings. The highest BCUT2D eigenvalue weighted by Gasteiger charge is 2.22. The summed E-state index contributed by atoms with van der Waals surface area (Å²) in [4.78, 5) is 0. The number of aromatic hydroxyl groups is 1. The van der Waals surface area contributed by atoms with Crippen LogP contribution < -0.4 is 4.74 Å². The second kappa shape index (κ2) is 10.3. The highest BCUT2D eigenvalue weighted by Crippen LogP contribution is 2.42. The van der Waals surface area contributed by atoms with E-state index in [0.29, 0.717) is 5.75 Å². The fraction of sp³-hybridized carbons (Fsp3) is 0.400. The quantitative estimate of drug-likeness (QED) is 0.344. The molecule has 3 aromatic carbocycles. The van der Waals surface area contributed by atoms with Crippen molar-refractivity contribution in [3.05, 3.63) is 71.3 Å². The number of aryl methyl sites for hydroxylation is 2. The minimum atomic E-state index is 0.0436. The summed E-state index contributed by atoms with van der Waals surface area (Å²) >= 11 is 0. The molecule has 0 saturated carbocycles. The Kier molecular flexibility index (Phi) is 7.66. The first-order valence-corrected chi connectivity index (χ1v) is 11.9. The number of ether oxygens (including phenoxy) is 1. The normalized spacial score (nSPS) is 11.6. The second-order valence-electron chi connectivity index (χ2n) is 9.66. The minimum Gasteiger partial charge on any atom is -0.507 e. The van der Waals surface area contributed by atoms with E-state index in [4.69, 9.17) is 4.74 Å². The van der Waals surface area contributed by atoms with Crippen molar-refractivity contribution in [1.82, 2.24) is 0 Å². The maximum absolute atomic E-state index is 11.1. The predicted molar refractivity (Wildman–Crippen MR) is 137 cm³/mol. The van der Waals surface area contributed by atoms with Gasteiger partial charge in [0.25, 0.3) is 0 Å². The van der Waals surface area contributed by atoms with Gasteiger partial charge >= 0.3 is 0 Å². The maximum atomic E-state index is 11.1. The molecule has 32 heavy (non-hydrogen) atoms. The highest BCUT2D eigenvalue weighted by atomic mass is 16.5. The second-order valence-corrected chi connectivity index (χ2v) is 9.66. The first-order valence-electron chi connectivity index (χ1n) is 11.9. The fourth-order valence-corrected chi connectivity index (χ4v) is 4.66. The van der Waals surface area contributed by atoms with Crippen LogP contribution in [0.25, 0.3) is 22.3 Å². The van der Waals surface area contributed by atoms with Crippen molar-refractivity contribution in [3.8, 4) is 33.8 Å². The third-order valence-corrected chi connectivity index (χ3v) is 6.56. The molecule has 0 bridgehead atoms. The van der Waals surface area contributed by atoms with Crippen LogP contribution in [0.4, 0.5) is 0 Å². The van der Waals surface area contributed by atoms with Gasteiger partial charge in [-0.15, -0.1) is 0 Å². The number of hydrogen-bond acceptors (Lipinski definition) is 2. The number of phenols is 1. The van der Waals surface area contributed by atoms with Crippen molar-refractivity contribution >= 4 is 0 Å². The Morgan fingerprint density at radius 2 is 1.66 bits per heavy atom. The fourth-order valence-electron chi connectivity index (χ4n) is 4.66. The molecule has 0 aromatic heterocycles. The van der Waals surface area contributed by atoms with Crippen molar-refractivity contribution < 1.29 is 9.84 Å². The van der Waals surface area contributed by atoms with Gasteiger partial charge in [-0.25, -0.2) is 0 Å². The lowest BCUT2D eigenvalue weighted by Gasteiger charge is -2.26. The van der Waals surface area contributed by atoms with Crippen molar-refractivity contribution in [2.45, 2.75) is 72.1 Å². The van der Waals surface area contributed by atoms with E-state index in [0.717, 1.165) is 34.4 Å². The van der Waals surface area contributed by atoms with Gasteiger partial charge in [-0.1, -0.05) is 88.4 Å². The lowest BCUT2D eigenvalue weighted by atomic mass is 9.79. The summed E-state index contributed by atoms with van der Waals surface area (Å²) in [5.41, 5.74) is 7.77. The van der Waals surface area contributed by atoms with Gasteiger partial charge in [0.15, 0.2) is 0 Å². The monoisotopic (exact) mass is 430 g/mol. The first kappa shape index (κ1) is 23.9. The molecule has 3 rings (SSSR count). The van der Waals surface area contributed by atoms with E-state index in [2.05, 4.69) is 71.0 Å². The van der Waals surface area contributed by atoms with Crippen LogP contribution in [-0.2, 0) is 5.41 Å². The first-order chi connectivity index (χ1) is 15.3. The van der Waals surface area contributed by atoms with Crippen LogP contribution in [0.1, 0.15) is 69.6 Å². The van der Waals surface area contributed by atoms with Gasteiger partial charge in [0.2, 0.25) is 0 Å². The van der Waals surface area contributed by atoms with E-state index in [-0.39, 0.29) is 5.41 Å². The topological polar surface area (TPSA) is 29.5 Å². The summed E-state index contributed by atoms with van der Waals surface area (Å²) in [6.45, 7) is 11.1. The molecular weight excluding hydrogens is 392 g/mol. The van der Waals surface area contributed by atoms with E-state index < -0.39 is 0 Å². The van der Waals surface area contributed by atoms with Gasteiger partial charge in [-0.3, -0.25) is 0 Å². The zero-order valence-electron chi connectivity index (χ0n) is 20.6. The van der Waals surface area contributed by atoms with Gasteiger partial charge in [0.1, 0.15) is 11.5 Å². The summed E-state index contributed by atoms with van der Waals surface area (Å²) in [5, 5.41) is 11.1. The third kappa shape index (κ3) is 5.35. The number of hydrogen-bond donors (Lipinski definition) is 1. The zero-order chi connectivity index (χ0) is 23.3. The van der Waals surface area contributed by atoms with Gasteiger partial charge in [0, 0.05) is 5.56 Å². The third-order valence-electron chi connectivity index (χ3n) is 6.56. The van der Waals surface area contributed by atoms with E-state index in [1.54, 1.807) is 7.11 Å². The molecule has 0 saturated heterocycles. The van der Waals surface area contributed by atoms with Gasteiger partial charge in [-0.2, -0.15) is 0 Å². The molecule has 0 radical (unpaired) electrons. The standard InChI is InChI=1S/C30H38O2/c1-7-8-9-10-16-30(4,5)24-14-15-26(28(31)20-24)27-18-21(2)17-22(3)29(27)23-12-11-13-25(19-23)32-6/h11-15,17-20,31H,7-10,16H2,1-6H3. The van der Waals surface area contributed by atoms with Crippen LogP contribution in [0.15, 0.2) is 54.6 Å². The van der Waals surface area contributed by atoms with Crippen molar-refractivity contribution in [2.75, 3.05) is 7.11 Å². The smallest absolute Gasteiger partial charge is 0.123 e. The van der Waals surface area contributed by atoms with Crippen LogP contribution >= 0.6 is 0 Å². The molecule has 0 atom stereocenters. The Balaban J connectivity index is 2.03. The molecule has 0 aliphatic rings. The van der Waals surface area contributed by atoms with Crippen LogP contribution in [0.2, 0.25) is 0 Å². The molecule has 0 amide bonds. The molecule has 2 nitrogen and oxygen atoms in total. The molecule has 2 heteroatoms. The summed E-state index contributed by atoms with van der Waals surface area (Å²) in [6, 6.07) is 18.8. The van der Waals surface area contributed by atoms with E-state index in [1.165, 1.54) is 42.4 Å². The van der Waals surface area contributed by atoms with E-state index >= 15 is 0 Å². The van der Waals surface area contributed by atoms with Crippen LogP contribution in [0.3, 0.4) is 0 Å². The van der Waals surface area contributed by atoms with E-state index in [1.807, 2.05) is 18.2 Å². The van der Waals surface area contributed by atoms with Crippen molar-refractivity contribution in [3.63, 3.8) is 0 Å². The summed E-state index contributed by atoms with van der Waals surface area (Å²) in [5.74, 6) is 1.18. The number of rotatable bonds is 9. The molecule has 170 valence electrons. The average Bonchev–Trinajstić information content (AvgIpc) is 2.76. The molecule has 0 unspecified atom stereocenters. The van der Waals surface area contributed by atoms with Gasteiger partial charge in [-0.05, 0) is 71.7 Å². The van der Waals surface area contributed by atoms with Crippen molar-refractivity contribution in [1.29, 1.82) is 0 Å². The average molecular weight is 431 g/mol. The molecule has 0 spiro atoms. The Hall–Kier alpha value is -2.74. The number of unbranched alkanes of at least 4 members (excludes halogenated alkanes) is 3. The summed E-state index contributed by atoms with van der Waals surface area (Å²) in [6.07, 6.45) is 6.17. The van der Waals surface area contributed by atoms with Crippen LogP contribution in [0, 0.1) is 13.8 Å². The molecular formula is C30H38O2. The highest BCUT2D eigenvalue weighted by molar-refractivity contribution is 5.88. The molecule has 1 N–H and O–H groups in total. The maximum Gasteiger partial charge on any atom is 0.123 e. The Labute approximate surface area is 194 Å². The minimum absolute atomic E-state index is 0.0436. The van der Waals surface area contributed by atoms with Crippen molar-refractivity contribution in [2.24, 2.45) is 0 Å². The number of benzene rings is 3. The molecule has 0 aliphatic heterocycles. The molecule has 0 aliphatic carbocycles. The predicted octanol–water partition coefficient (Wildman–Crippen LogP) is 8.60. The Morgan fingerprint density at radius 3 is 2.34 bits per heavy atom. The molecule has 3 aromatic rings. The zero-order valence-corrected chi connectivity index (χ0v) is 20.6. The largest absolute Gasteiger partial charge is 0.507 e. The Morgan fingerprint density at radius 1 is 0.875 bits per heavy atom.